The molecule has 0 aliphatic heterocycles. The second-order valence-corrected chi connectivity index (χ2v) is 12.6. The van der Waals surface area contributed by atoms with Crippen molar-refractivity contribution < 1.29 is 57.1 Å². The molecule has 0 aromatic heterocycles. The van der Waals surface area contributed by atoms with Gasteiger partial charge in [-0.15, -0.1) is 0 Å². The van der Waals surface area contributed by atoms with Gasteiger partial charge in [0.1, 0.15) is 35.2 Å². The zero-order valence-electron chi connectivity index (χ0n) is 32.8. The van der Waals surface area contributed by atoms with E-state index < -0.39 is 29.8 Å². The topological polar surface area (TPSA) is 150 Å². The van der Waals surface area contributed by atoms with Crippen LogP contribution in [0.4, 0.5) is 0 Å². The van der Waals surface area contributed by atoms with Crippen LogP contribution in [0.5, 0.6) is 23.0 Å². The maximum Gasteiger partial charge on any atom is 0.343 e. The highest BCUT2D eigenvalue weighted by Crippen LogP contribution is 2.28. The molecule has 0 amide bonds. The summed E-state index contributed by atoms with van der Waals surface area (Å²) in [6.07, 6.45) is 11.5. The van der Waals surface area contributed by atoms with Crippen molar-refractivity contribution in [3.63, 3.8) is 0 Å². The van der Waals surface area contributed by atoms with Crippen LogP contribution in [0.25, 0.3) is 0 Å². The summed E-state index contributed by atoms with van der Waals surface area (Å²) in [6.45, 7) is 12.2. The Morgan fingerprint density at radius 1 is 0.544 bits per heavy atom. The van der Waals surface area contributed by atoms with Gasteiger partial charge in [0.25, 0.3) is 0 Å². The molecule has 0 fully saturated rings. The van der Waals surface area contributed by atoms with Crippen LogP contribution >= 0.6 is 0 Å². The van der Waals surface area contributed by atoms with Gasteiger partial charge in [0, 0.05) is 12.2 Å². The van der Waals surface area contributed by atoms with Crippen LogP contribution in [0, 0.1) is 0 Å². The molecule has 0 saturated carbocycles. The molecule has 12 heteroatoms. The average molecular weight is 785 g/mol. The number of benzene rings is 3. The van der Waals surface area contributed by atoms with Gasteiger partial charge in [-0.05, 0) is 137 Å². The third kappa shape index (κ3) is 17.0. The van der Waals surface area contributed by atoms with Crippen molar-refractivity contribution in [2.24, 2.45) is 0 Å². The zero-order valence-corrected chi connectivity index (χ0v) is 32.8. The van der Waals surface area contributed by atoms with Crippen LogP contribution in [-0.4, -0.2) is 62.9 Å². The van der Waals surface area contributed by atoms with E-state index in [4.69, 9.17) is 33.2 Å². The minimum atomic E-state index is -0.761. The highest BCUT2D eigenvalue weighted by molar-refractivity contribution is 5.97. The van der Waals surface area contributed by atoms with Gasteiger partial charge in [0.15, 0.2) is 0 Å². The van der Waals surface area contributed by atoms with E-state index in [0.717, 1.165) is 69.1 Å². The molecular formula is C45H52O12. The van der Waals surface area contributed by atoms with E-state index in [1.165, 1.54) is 18.2 Å². The van der Waals surface area contributed by atoms with E-state index in [1.807, 2.05) is 19.9 Å². The number of carbonyl (C=O) groups is 5. The van der Waals surface area contributed by atoms with Crippen molar-refractivity contribution in [1.29, 1.82) is 0 Å². The summed E-state index contributed by atoms with van der Waals surface area (Å²) < 4.78 is 38.2. The normalized spacial score (nSPS) is 10.8. The lowest BCUT2D eigenvalue weighted by molar-refractivity contribution is -0.138. The molecular weight excluding hydrogens is 732 g/mol. The average Bonchev–Trinajstić information content (AvgIpc) is 3.23. The van der Waals surface area contributed by atoms with E-state index in [-0.39, 0.29) is 34.8 Å². The van der Waals surface area contributed by atoms with E-state index in [1.54, 1.807) is 48.5 Å². The summed E-state index contributed by atoms with van der Waals surface area (Å²) in [5.74, 6) is -1.85. The van der Waals surface area contributed by atoms with Gasteiger partial charge in [0.05, 0.1) is 37.6 Å². The molecule has 12 nitrogen and oxygen atoms in total. The fourth-order valence-corrected chi connectivity index (χ4v) is 5.10. The van der Waals surface area contributed by atoms with E-state index >= 15 is 0 Å². The molecule has 0 radical (unpaired) electrons. The van der Waals surface area contributed by atoms with Gasteiger partial charge >= 0.3 is 29.8 Å². The van der Waals surface area contributed by atoms with Crippen molar-refractivity contribution in [3.05, 3.63) is 120 Å². The fourth-order valence-electron chi connectivity index (χ4n) is 5.10. The quantitative estimate of drug-likeness (QED) is 0.0191. The number of carbonyl (C=O) groups excluding carboxylic acids is 5. The highest BCUT2D eigenvalue weighted by Gasteiger charge is 2.21. The molecule has 0 N–H and O–H groups in total. The van der Waals surface area contributed by atoms with E-state index in [2.05, 4.69) is 13.2 Å². The van der Waals surface area contributed by atoms with Crippen molar-refractivity contribution in [1.82, 2.24) is 0 Å². The zero-order chi connectivity index (χ0) is 41.3. The fraction of sp³-hybridized carbons (Fsp3) is 0.356. The number of rotatable bonds is 26. The van der Waals surface area contributed by atoms with Crippen LogP contribution in [0.2, 0.25) is 0 Å². The molecule has 0 spiro atoms. The number of esters is 5. The number of unbranched alkanes of at least 4 members (excludes halogenated alkanes) is 6. The Kier molecular flexibility index (Phi) is 20.5. The third-order valence-electron chi connectivity index (χ3n) is 8.45. The SMILES string of the molecule is C=CC(=O)OCCCCCCOc1ccc(C(=O)Oc2ccc(OC(=O)c3ccc(OCCCCCCOC(=O)C=C)cc3)c(C(=O)OC/C(=C/C)CC)c2)cc1. The number of hydrogen-bond donors (Lipinski definition) is 0. The van der Waals surface area contributed by atoms with Crippen molar-refractivity contribution >= 4 is 29.8 Å². The maximum absolute atomic E-state index is 13.3. The summed E-state index contributed by atoms with van der Waals surface area (Å²) in [4.78, 5) is 61.7. The minimum absolute atomic E-state index is 0.0392. The molecule has 0 saturated heterocycles. The van der Waals surface area contributed by atoms with Gasteiger partial charge in [-0.25, -0.2) is 24.0 Å². The van der Waals surface area contributed by atoms with Crippen LogP contribution in [0.1, 0.15) is 103 Å². The summed E-state index contributed by atoms with van der Waals surface area (Å²) in [7, 11) is 0. The lowest BCUT2D eigenvalue weighted by atomic mass is 10.1. The first-order valence-corrected chi connectivity index (χ1v) is 19.1. The van der Waals surface area contributed by atoms with Crippen molar-refractivity contribution in [3.8, 4) is 23.0 Å². The Balaban J connectivity index is 1.56. The van der Waals surface area contributed by atoms with Crippen molar-refractivity contribution in [2.75, 3.05) is 33.0 Å². The van der Waals surface area contributed by atoms with Gasteiger partial charge in [-0.1, -0.05) is 26.2 Å². The largest absolute Gasteiger partial charge is 0.494 e. The molecule has 0 aliphatic rings. The van der Waals surface area contributed by atoms with Crippen LogP contribution in [0.15, 0.2) is 104 Å². The molecule has 57 heavy (non-hydrogen) atoms. The lowest BCUT2D eigenvalue weighted by Gasteiger charge is -2.13. The van der Waals surface area contributed by atoms with Gasteiger partial charge in [0.2, 0.25) is 0 Å². The minimum Gasteiger partial charge on any atom is -0.494 e. The first-order valence-electron chi connectivity index (χ1n) is 19.1. The molecule has 0 aliphatic carbocycles. The lowest BCUT2D eigenvalue weighted by Crippen LogP contribution is -2.15. The van der Waals surface area contributed by atoms with Gasteiger partial charge < -0.3 is 33.2 Å². The second kappa shape index (κ2) is 25.8. The predicted octanol–water partition coefficient (Wildman–Crippen LogP) is 8.97. The first kappa shape index (κ1) is 45.2. The third-order valence-corrected chi connectivity index (χ3v) is 8.45. The number of ether oxygens (including phenoxy) is 7. The van der Waals surface area contributed by atoms with E-state index in [9.17, 15) is 24.0 Å². The van der Waals surface area contributed by atoms with Crippen LogP contribution < -0.4 is 18.9 Å². The summed E-state index contributed by atoms with van der Waals surface area (Å²) >= 11 is 0. The summed E-state index contributed by atoms with van der Waals surface area (Å²) in [5, 5.41) is 0. The Labute approximate surface area is 334 Å². The molecule has 0 atom stereocenters. The standard InChI is InChI=1S/C45H52O12/c1-5-33(6-2)32-55-45(50)39-31-38(56-43(48)34-17-21-36(22-18-34)51-27-13-9-11-15-29-53-41(46)7-3)25-26-40(39)57-44(49)35-19-23-37(24-20-35)52-28-14-10-12-16-30-54-42(47)8-4/h5,7-8,17-26,31H,3-4,6,9-16,27-30,32H2,1-2H3/b33-5+. The molecule has 304 valence electrons. The smallest absolute Gasteiger partial charge is 0.343 e. The van der Waals surface area contributed by atoms with Crippen LogP contribution in [-0.2, 0) is 23.8 Å². The van der Waals surface area contributed by atoms with Crippen LogP contribution in [0.3, 0.4) is 0 Å². The van der Waals surface area contributed by atoms with Crippen molar-refractivity contribution in [2.45, 2.75) is 71.6 Å². The Morgan fingerprint density at radius 3 is 1.46 bits per heavy atom. The molecule has 3 aromatic rings. The Bertz CT molecular complexity index is 1810. The predicted molar refractivity (Wildman–Crippen MR) is 214 cm³/mol. The van der Waals surface area contributed by atoms with Gasteiger partial charge in [-0.3, -0.25) is 0 Å². The van der Waals surface area contributed by atoms with E-state index in [0.29, 0.717) is 44.3 Å². The molecule has 3 aromatic carbocycles. The Morgan fingerprint density at radius 2 is 1.00 bits per heavy atom. The Hall–Kier alpha value is -6.17. The monoisotopic (exact) mass is 784 g/mol. The number of allylic oxidation sites excluding steroid dienone is 1. The second-order valence-electron chi connectivity index (χ2n) is 12.6. The molecule has 0 unspecified atom stereocenters. The molecule has 3 rings (SSSR count). The highest BCUT2D eigenvalue weighted by atomic mass is 16.6. The molecule has 0 bridgehead atoms. The maximum atomic E-state index is 13.3. The first-order chi connectivity index (χ1) is 27.7. The summed E-state index contributed by atoms with van der Waals surface area (Å²) in [6, 6.07) is 17.0. The number of hydrogen-bond acceptors (Lipinski definition) is 12. The van der Waals surface area contributed by atoms with Gasteiger partial charge in [-0.2, -0.15) is 0 Å². The summed E-state index contributed by atoms with van der Waals surface area (Å²) in [5.41, 5.74) is 1.28. The molecule has 0 heterocycles.